The maximum Gasteiger partial charge on any atom is 0.224 e. The summed E-state index contributed by atoms with van der Waals surface area (Å²) in [5.41, 5.74) is 8.56. The third kappa shape index (κ3) is 6.10. The molecule has 0 saturated carbocycles. The molecule has 3 rings (SSSR count). The van der Waals surface area contributed by atoms with Gasteiger partial charge in [0.1, 0.15) is 0 Å². The van der Waals surface area contributed by atoms with Crippen LogP contribution in [0.25, 0.3) is 0 Å². The van der Waals surface area contributed by atoms with Crippen molar-refractivity contribution in [2.24, 2.45) is 0 Å². The van der Waals surface area contributed by atoms with Crippen LogP contribution in [0, 0.1) is 0 Å². The van der Waals surface area contributed by atoms with Gasteiger partial charge in [0, 0.05) is 35.0 Å². The van der Waals surface area contributed by atoms with Gasteiger partial charge in [-0.05, 0) is 48.4 Å². The zero-order chi connectivity index (χ0) is 16.2. The van der Waals surface area contributed by atoms with E-state index < -0.39 is 0 Å². The predicted octanol–water partition coefficient (Wildman–Crippen LogP) is 3.81. The maximum absolute atomic E-state index is 12.2. The number of anilines is 2. The lowest BCUT2D eigenvalue weighted by Crippen LogP contribution is -2.37. The minimum atomic E-state index is 0. The Hall–Kier alpha value is -1.43. The van der Waals surface area contributed by atoms with Crippen LogP contribution in [-0.4, -0.2) is 25.0 Å². The Bertz CT molecular complexity index is 680. The van der Waals surface area contributed by atoms with Crippen LogP contribution in [0.5, 0.6) is 0 Å². The van der Waals surface area contributed by atoms with E-state index in [4.69, 9.17) is 5.73 Å². The van der Waals surface area contributed by atoms with E-state index in [1.54, 1.807) is 0 Å². The minimum Gasteiger partial charge on any atom is -0.399 e. The molecular formula is C18H22BrCl2N3O. The third-order valence-corrected chi connectivity index (χ3v) is 4.62. The molecule has 1 heterocycles. The standard InChI is InChI=1S/C18H20BrN3O.2ClH/c19-14-3-7-17(8-4-14)22-10-9-16(12-22)21-18(23)11-13-1-5-15(20)6-2-13;;/h1-8,16H,9-12,20H2,(H,21,23);2*1H. The van der Waals surface area contributed by atoms with Gasteiger partial charge in [-0.2, -0.15) is 0 Å². The van der Waals surface area contributed by atoms with Crippen LogP contribution in [0.3, 0.4) is 0 Å². The maximum atomic E-state index is 12.2. The highest BCUT2D eigenvalue weighted by Gasteiger charge is 2.24. The smallest absolute Gasteiger partial charge is 0.224 e. The van der Waals surface area contributed by atoms with Crippen molar-refractivity contribution in [2.75, 3.05) is 23.7 Å². The number of carbonyl (C=O) groups is 1. The molecule has 25 heavy (non-hydrogen) atoms. The molecule has 1 unspecified atom stereocenters. The molecule has 1 aliphatic rings. The van der Waals surface area contributed by atoms with Crippen LogP contribution in [0.4, 0.5) is 11.4 Å². The summed E-state index contributed by atoms with van der Waals surface area (Å²) in [7, 11) is 0. The van der Waals surface area contributed by atoms with E-state index in [2.05, 4.69) is 38.3 Å². The normalized spacial score (nSPS) is 15.9. The van der Waals surface area contributed by atoms with Crippen LogP contribution in [0.2, 0.25) is 0 Å². The van der Waals surface area contributed by atoms with Gasteiger partial charge < -0.3 is 16.0 Å². The van der Waals surface area contributed by atoms with Crippen LogP contribution in [0.1, 0.15) is 12.0 Å². The number of hydrogen-bond acceptors (Lipinski definition) is 3. The quantitative estimate of drug-likeness (QED) is 0.702. The predicted molar refractivity (Wildman–Crippen MR) is 112 cm³/mol. The summed E-state index contributed by atoms with van der Waals surface area (Å²) < 4.78 is 1.08. The highest BCUT2D eigenvalue weighted by atomic mass is 79.9. The number of benzene rings is 2. The van der Waals surface area contributed by atoms with Crippen molar-refractivity contribution in [3.8, 4) is 0 Å². The fraction of sp³-hybridized carbons (Fsp3) is 0.278. The van der Waals surface area contributed by atoms with Gasteiger partial charge in [-0.25, -0.2) is 0 Å². The van der Waals surface area contributed by atoms with Crippen molar-refractivity contribution in [3.05, 3.63) is 58.6 Å². The van der Waals surface area contributed by atoms with Crippen LogP contribution < -0.4 is 16.0 Å². The number of carbonyl (C=O) groups excluding carboxylic acids is 1. The molecule has 2 aromatic carbocycles. The van der Waals surface area contributed by atoms with Crippen molar-refractivity contribution in [2.45, 2.75) is 18.9 Å². The fourth-order valence-corrected chi connectivity index (χ4v) is 3.13. The van der Waals surface area contributed by atoms with Crippen LogP contribution in [-0.2, 0) is 11.2 Å². The van der Waals surface area contributed by atoms with Gasteiger partial charge in [0.25, 0.3) is 0 Å². The monoisotopic (exact) mass is 445 g/mol. The number of nitrogens with zero attached hydrogens (tertiary/aromatic N) is 1. The van der Waals surface area contributed by atoms with Crippen molar-refractivity contribution in [3.63, 3.8) is 0 Å². The highest BCUT2D eigenvalue weighted by molar-refractivity contribution is 9.10. The Kier molecular flexibility index (Phi) is 8.56. The molecular weight excluding hydrogens is 425 g/mol. The molecule has 0 aromatic heterocycles. The molecule has 3 N–H and O–H groups in total. The summed E-state index contributed by atoms with van der Waals surface area (Å²) in [5, 5.41) is 3.13. The Labute approximate surface area is 169 Å². The fourth-order valence-electron chi connectivity index (χ4n) is 2.86. The Morgan fingerprint density at radius 2 is 1.76 bits per heavy atom. The first-order valence-corrected chi connectivity index (χ1v) is 8.54. The second-order valence-corrected chi connectivity index (χ2v) is 6.81. The number of rotatable bonds is 4. The topological polar surface area (TPSA) is 58.4 Å². The number of halogens is 3. The molecule has 1 fully saturated rings. The van der Waals surface area contributed by atoms with Gasteiger partial charge in [-0.3, -0.25) is 4.79 Å². The van der Waals surface area contributed by atoms with Gasteiger partial charge in [0.05, 0.1) is 6.42 Å². The van der Waals surface area contributed by atoms with Crippen molar-refractivity contribution in [1.29, 1.82) is 0 Å². The summed E-state index contributed by atoms with van der Waals surface area (Å²) >= 11 is 3.45. The molecule has 2 aromatic rings. The molecule has 1 amide bonds. The van der Waals surface area contributed by atoms with Crippen molar-refractivity contribution in [1.82, 2.24) is 5.32 Å². The van der Waals surface area contributed by atoms with E-state index in [0.29, 0.717) is 6.42 Å². The number of nitrogens with one attached hydrogen (secondary N) is 1. The lowest BCUT2D eigenvalue weighted by Gasteiger charge is -2.19. The molecule has 4 nitrogen and oxygen atoms in total. The number of nitrogens with two attached hydrogens (primary N) is 1. The van der Waals surface area contributed by atoms with E-state index in [9.17, 15) is 4.79 Å². The minimum absolute atomic E-state index is 0. The van der Waals surface area contributed by atoms with Crippen molar-refractivity contribution < 1.29 is 4.79 Å². The van der Waals surface area contributed by atoms with Crippen molar-refractivity contribution >= 4 is 58.0 Å². The summed E-state index contributed by atoms with van der Waals surface area (Å²) in [6.45, 7) is 1.82. The SMILES string of the molecule is Cl.Cl.Nc1ccc(CC(=O)NC2CCN(c3ccc(Br)cc3)C2)cc1. The zero-order valence-corrected chi connectivity index (χ0v) is 16.9. The average Bonchev–Trinajstić information content (AvgIpc) is 2.98. The number of nitrogen functional groups attached to an aromatic ring is 1. The summed E-state index contributed by atoms with van der Waals surface area (Å²) in [5.74, 6) is 0.0671. The highest BCUT2D eigenvalue weighted by Crippen LogP contribution is 2.22. The Morgan fingerprint density at radius 3 is 2.40 bits per heavy atom. The second-order valence-electron chi connectivity index (χ2n) is 5.89. The van der Waals surface area contributed by atoms with Gasteiger partial charge >= 0.3 is 0 Å². The third-order valence-electron chi connectivity index (χ3n) is 4.09. The zero-order valence-electron chi connectivity index (χ0n) is 13.7. The lowest BCUT2D eigenvalue weighted by molar-refractivity contribution is -0.121. The molecule has 1 aliphatic heterocycles. The lowest BCUT2D eigenvalue weighted by atomic mass is 10.1. The molecule has 0 spiro atoms. The molecule has 1 saturated heterocycles. The molecule has 0 bridgehead atoms. The molecule has 7 heteroatoms. The Balaban J connectivity index is 0.00000156. The summed E-state index contributed by atoms with van der Waals surface area (Å²) in [4.78, 5) is 14.5. The first kappa shape index (κ1) is 21.6. The van der Waals surface area contributed by atoms with Gasteiger partial charge in [-0.1, -0.05) is 28.1 Å². The second kappa shape index (κ2) is 9.90. The number of amides is 1. The Morgan fingerprint density at radius 1 is 1.12 bits per heavy atom. The van der Waals surface area contributed by atoms with E-state index >= 15 is 0 Å². The largest absolute Gasteiger partial charge is 0.399 e. The number of hydrogen-bond donors (Lipinski definition) is 2. The summed E-state index contributed by atoms with van der Waals surface area (Å²) in [6.07, 6.45) is 1.37. The molecule has 0 aliphatic carbocycles. The first-order valence-electron chi connectivity index (χ1n) is 7.74. The molecule has 1 atom stereocenters. The molecule has 0 radical (unpaired) electrons. The van der Waals surface area contributed by atoms with E-state index in [-0.39, 0.29) is 36.8 Å². The van der Waals surface area contributed by atoms with Crippen LogP contribution in [0.15, 0.2) is 53.0 Å². The molecule has 136 valence electrons. The van der Waals surface area contributed by atoms with Gasteiger partial charge in [-0.15, -0.1) is 24.8 Å². The summed E-state index contributed by atoms with van der Waals surface area (Å²) in [6, 6.07) is 16.0. The van der Waals surface area contributed by atoms with Crippen LogP contribution >= 0.6 is 40.7 Å². The van der Waals surface area contributed by atoms with Gasteiger partial charge in [0.2, 0.25) is 5.91 Å². The van der Waals surface area contributed by atoms with E-state index in [0.717, 1.165) is 35.2 Å². The first-order chi connectivity index (χ1) is 11.1. The van der Waals surface area contributed by atoms with E-state index in [1.807, 2.05) is 36.4 Å². The van der Waals surface area contributed by atoms with E-state index in [1.165, 1.54) is 5.69 Å². The van der Waals surface area contributed by atoms with Gasteiger partial charge in [0.15, 0.2) is 0 Å². The average molecular weight is 447 g/mol.